The van der Waals surface area contributed by atoms with Crippen LogP contribution in [0.5, 0.6) is 0 Å². The van der Waals surface area contributed by atoms with Crippen LogP contribution in [0.1, 0.15) is 44.2 Å². The lowest BCUT2D eigenvalue weighted by molar-refractivity contribution is -0.160. The highest BCUT2D eigenvalue weighted by Crippen LogP contribution is 2.55. The smallest absolute Gasteiger partial charge is 0.163 e. The Morgan fingerprint density at radius 1 is 1.17 bits per heavy atom. The minimum Gasteiger partial charge on any atom is -0.344 e. The molecule has 23 heavy (non-hydrogen) atoms. The van der Waals surface area contributed by atoms with E-state index in [1.54, 1.807) is 0 Å². The Bertz CT molecular complexity index is 573. The molecule has 1 saturated heterocycles. The van der Waals surface area contributed by atoms with Crippen molar-refractivity contribution in [3.8, 4) is 0 Å². The number of ether oxygens (including phenoxy) is 2. The Hall–Kier alpha value is -0.970. The molecule has 1 heterocycles. The first-order valence-electron chi connectivity index (χ1n) is 8.76. The third-order valence-electron chi connectivity index (χ3n) is 5.78. The fraction of sp³-hybridized carbons (Fsp3) is 0.684. The van der Waals surface area contributed by atoms with Gasteiger partial charge in [-0.15, -0.1) is 0 Å². The first-order chi connectivity index (χ1) is 11.0. The Morgan fingerprint density at radius 2 is 1.91 bits per heavy atom. The standard InChI is InChI=1S/C19H26FNO2/c1-18(2)22-16-15-7-9-19(11-15,17(16)23-18)21-12-14-5-3-13(4-6-14)8-10-20/h3-6,15-17,21H,7-12H2,1-2H3/t15-,16+,17+,19-/m0/s1. The van der Waals surface area contributed by atoms with Gasteiger partial charge >= 0.3 is 0 Å². The summed E-state index contributed by atoms with van der Waals surface area (Å²) in [4.78, 5) is 0. The summed E-state index contributed by atoms with van der Waals surface area (Å²) in [5.74, 6) is 0.167. The molecule has 4 rings (SSSR count). The molecule has 1 aromatic carbocycles. The molecule has 0 amide bonds. The number of hydrogen-bond acceptors (Lipinski definition) is 3. The van der Waals surface area contributed by atoms with Crippen molar-refractivity contribution in [2.24, 2.45) is 5.92 Å². The molecule has 3 fully saturated rings. The van der Waals surface area contributed by atoms with Crippen LogP contribution in [-0.4, -0.2) is 30.2 Å². The number of fused-ring (bicyclic) bond motifs is 5. The summed E-state index contributed by atoms with van der Waals surface area (Å²) in [6.07, 6.45) is 4.46. The molecule has 2 bridgehead atoms. The minimum absolute atomic E-state index is 0.0563. The Balaban J connectivity index is 1.44. The number of nitrogens with one attached hydrogen (secondary N) is 1. The van der Waals surface area contributed by atoms with Crippen LogP contribution in [0.15, 0.2) is 24.3 Å². The zero-order valence-corrected chi connectivity index (χ0v) is 14.0. The van der Waals surface area contributed by atoms with Crippen LogP contribution in [-0.2, 0) is 22.4 Å². The van der Waals surface area contributed by atoms with Gasteiger partial charge in [0.1, 0.15) is 6.10 Å². The van der Waals surface area contributed by atoms with E-state index in [0.717, 1.165) is 24.9 Å². The second-order valence-corrected chi connectivity index (χ2v) is 7.79. The van der Waals surface area contributed by atoms with Crippen molar-refractivity contribution in [2.75, 3.05) is 6.67 Å². The van der Waals surface area contributed by atoms with Crippen LogP contribution in [0.2, 0.25) is 0 Å². The summed E-state index contributed by atoms with van der Waals surface area (Å²) in [6, 6.07) is 8.26. The Morgan fingerprint density at radius 3 is 2.65 bits per heavy atom. The van der Waals surface area contributed by atoms with Crippen LogP contribution in [0, 0.1) is 5.92 Å². The fourth-order valence-electron chi connectivity index (χ4n) is 4.69. The molecule has 0 aromatic heterocycles. The maximum absolute atomic E-state index is 12.4. The molecule has 1 aliphatic heterocycles. The van der Waals surface area contributed by atoms with Crippen molar-refractivity contribution in [1.82, 2.24) is 5.32 Å². The van der Waals surface area contributed by atoms with Crippen molar-refractivity contribution in [3.63, 3.8) is 0 Å². The third-order valence-corrected chi connectivity index (χ3v) is 5.78. The van der Waals surface area contributed by atoms with E-state index < -0.39 is 5.79 Å². The molecule has 4 heteroatoms. The Kier molecular flexibility index (Phi) is 3.74. The predicted octanol–water partition coefficient (Wildman–Crippen LogP) is 3.36. The van der Waals surface area contributed by atoms with Gasteiger partial charge in [0.25, 0.3) is 0 Å². The summed E-state index contributed by atoms with van der Waals surface area (Å²) in [5, 5.41) is 3.78. The lowest BCUT2D eigenvalue weighted by atomic mass is 9.88. The predicted molar refractivity (Wildman–Crippen MR) is 86.9 cm³/mol. The number of alkyl halides is 1. The molecule has 3 aliphatic rings. The highest BCUT2D eigenvalue weighted by atomic mass is 19.1. The van der Waals surface area contributed by atoms with E-state index in [1.165, 1.54) is 12.0 Å². The highest BCUT2D eigenvalue weighted by molar-refractivity contribution is 5.24. The van der Waals surface area contributed by atoms with Crippen LogP contribution < -0.4 is 5.32 Å². The van der Waals surface area contributed by atoms with Gasteiger partial charge in [0.05, 0.1) is 12.8 Å². The second kappa shape index (κ2) is 5.54. The van der Waals surface area contributed by atoms with E-state index in [2.05, 4.69) is 17.4 Å². The highest BCUT2D eigenvalue weighted by Gasteiger charge is 2.64. The lowest BCUT2D eigenvalue weighted by Crippen LogP contribution is -2.53. The van der Waals surface area contributed by atoms with Gasteiger partial charge in [-0.25, -0.2) is 0 Å². The summed E-state index contributed by atoms with van der Waals surface area (Å²) < 4.78 is 24.7. The van der Waals surface area contributed by atoms with Gasteiger partial charge in [-0.3, -0.25) is 4.39 Å². The molecule has 0 radical (unpaired) electrons. The molecule has 2 aliphatic carbocycles. The van der Waals surface area contributed by atoms with Crippen molar-refractivity contribution in [1.29, 1.82) is 0 Å². The van der Waals surface area contributed by atoms with E-state index in [4.69, 9.17) is 9.47 Å². The van der Waals surface area contributed by atoms with Gasteiger partial charge in [-0.2, -0.15) is 0 Å². The van der Waals surface area contributed by atoms with Gasteiger partial charge < -0.3 is 14.8 Å². The number of rotatable bonds is 5. The quantitative estimate of drug-likeness (QED) is 0.903. The van der Waals surface area contributed by atoms with Crippen molar-refractivity contribution in [2.45, 2.75) is 69.6 Å². The zero-order chi connectivity index (χ0) is 16.1. The van der Waals surface area contributed by atoms with Crippen molar-refractivity contribution >= 4 is 0 Å². The normalized spacial score (nSPS) is 37.3. The average Bonchev–Trinajstić information content (AvgIpc) is 3.15. The first kappa shape index (κ1) is 15.6. The van der Waals surface area contributed by atoms with E-state index >= 15 is 0 Å². The van der Waals surface area contributed by atoms with Gasteiger partial charge in [0, 0.05) is 18.5 Å². The number of halogens is 1. The summed E-state index contributed by atoms with van der Waals surface area (Å²) in [5.41, 5.74) is 2.36. The molecule has 0 spiro atoms. The molecule has 4 atom stereocenters. The monoisotopic (exact) mass is 319 g/mol. The molecule has 3 nitrogen and oxygen atoms in total. The summed E-state index contributed by atoms with van der Waals surface area (Å²) in [6.45, 7) is 4.57. The van der Waals surface area contributed by atoms with Crippen LogP contribution >= 0.6 is 0 Å². The van der Waals surface area contributed by atoms with E-state index in [9.17, 15) is 4.39 Å². The van der Waals surface area contributed by atoms with Crippen LogP contribution in [0.25, 0.3) is 0 Å². The van der Waals surface area contributed by atoms with E-state index in [0.29, 0.717) is 12.3 Å². The topological polar surface area (TPSA) is 30.5 Å². The van der Waals surface area contributed by atoms with Gasteiger partial charge in [-0.05, 0) is 50.2 Å². The molecule has 1 N–H and O–H groups in total. The number of benzene rings is 1. The SMILES string of the molecule is CC1(C)O[C@@H]2[C@H]3CC[C@](NCc4ccc(CCF)cc4)(C3)[C@@H]2O1. The first-order valence-corrected chi connectivity index (χ1v) is 8.76. The molecule has 126 valence electrons. The second-order valence-electron chi connectivity index (χ2n) is 7.79. The van der Waals surface area contributed by atoms with Gasteiger partial charge in [0.15, 0.2) is 5.79 Å². The van der Waals surface area contributed by atoms with E-state index in [-0.39, 0.29) is 24.4 Å². The summed E-state index contributed by atoms with van der Waals surface area (Å²) >= 11 is 0. The van der Waals surface area contributed by atoms with Crippen LogP contribution in [0.3, 0.4) is 0 Å². The van der Waals surface area contributed by atoms with Crippen molar-refractivity contribution in [3.05, 3.63) is 35.4 Å². The Labute approximate surface area is 137 Å². The molecule has 0 unspecified atom stereocenters. The molecular formula is C19H26FNO2. The van der Waals surface area contributed by atoms with Crippen LogP contribution in [0.4, 0.5) is 4.39 Å². The summed E-state index contributed by atoms with van der Waals surface area (Å²) in [7, 11) is 0. The lowest BCUT2D eigenvalue weighted by Gasteiger charge is -2.35. The molecule has 2 saturated carbocycles. The maximum Gasteiger partial charge on any atom is 0.163 e. The third kappa shape index (κ3) is 2.71. The van der Waals surface area contributed by atoms with Gasteiger partial charge in [-0.1, -0.05) is 24.3 Å². The van der Waals surface area contributed by atoms with Crippen molar-refractivity contribution < 1.29 is 13.9 Å². The zero-order valence-electron chi connectivity index (χ0n) is 14.0. The number of hydrogen-bond donors (Lipinski definition) is 1. The molecular weight excluding hydrogens is 293 g/mol. The minimum atomic E-state index is -0.459. The maximum atomic E-state index is 12.4. The number of aryl methyl sites for hydroxylation is 1. The average molecular weight is 319 g/mol. The molecule has 1 aromatic rings. The largest absolute Gasteiger partial charge is 0.344 e. The van der Waals surface area contributed by atoms with E-state index in [1.807, 2.05) is 26.0 Å². The van der Waals surface area contributed by atoms with Gasteiger partial charge in [0.2, 0.25) is 0 Å². The fourth-order valence-corrected chi connectivity index (χ4v) is 4.69.